The molecule has 1 aliphatic heterocycles. The summed E-state index contributed by atoms with van der Waals surface area (Å²) in [5, 5.41) is 2.79. The predicted octanol–water partition coefficient (Wildman–Crippen LogP) is 3.43. The van der Waals surface area contributed by atoms with Gasteiger partial charge in [0, 0.05) is 17.7 Å². The third kappa shape index (κ3) is 3.93. The van der Waals surface area contributed by atoms with Crippen molar-refractivity contribution in [3.63, 3.8) is 0 Å². The number of benzene rings is 1. The molecule has 1 N–H and O–H groups in total. The Hall–Kier alpha value is -2.17. The van der Waals surface area contributed by atoms with E-state index in [0.717, 1.165) is 17.0 Å². The molecule has 1 atom stereocenters. The van der Waals surface area contributed by atoms with Crippen molar-refractivity contribution in [3.8, 4) is 0 Å². The minimum absolute atomic E-state index is 0.0198. The first-order valence-electron chi connectivity index (χ1n) is 7.36. The SMILES string of the molecule is CC(=O)c1ccc2c(c1)N=C(C(C)NC(=O)OC(C)(C)C)C2. The molecule has 0 fully saturated rings. The van der Waals surface area contributed by atoms with E-state index in [1.807, 2.05) is 39.8 Å². The summed E-state index contributed by atoms with van der Waals surface area (Å²) < 4.78 is 5.25. The van der Waals surface area contributed by atoms with E-state index in [-0.39, 0.29) is 11.8 Å². The van der Waals surface area contributed by atoms with Crippen molar-refractivity contribution < 1.29 is 14.3 Å². The fourth-order valence-electron chi connectivity index (χ4n) is 2.24. The van der Waals surface area contributed by atoms with E-state index in [1.165, 1.54) is 6.92 Å². The van der Waals surface area contributed by atoms with E-state index in [4.69, 9.17) is 4.74 Å². The third-order valence-electron chi connectivity index (χ3n) is 3.36. The average molecular weight is 302 g/mol. The molecule has 1 aliphatic rings. The lowest BCUT2D eigenvalue weighted by atomic mass is 10.0. The molecule has 1 amide bonds. The summed E-state index contributed by atoms with van der Waals surface area (Å²) in [7, 11) is 0. The molecule has 0 radical (unpaired) electrons. The van der Waals surface area contributed by atoms with E-state index >= 15 is 0 Å². The molecule has 1 aromatic rings. The zero-order valence-electron chi connectivity index (χ0n) is 13.7. The van der Waals surface area contributed by atoms with Crippen LogP contribution in [0, 0.1) is 0 Å². The van der Waals surface area contributed by atoms with Gasteiger partial charge in [-0.2, -0.15) is 0 Å². The molecule has 1 aromatic carbocycles. The second-order valence-electron chi connectivity index (χ2n) is 6.55. The van der Waals surface area contributed by atoms with Crippen LogP contribution in [0.3, 0.4) is 0 Å². The van der Waals surface area contributed by atoms with E-state index in [0.29, 0.717) is 12.0 Å². The van der Waals surface area contributed by atoms with Gasteiger partial charge in [-0.1, -0.05) is 12.1 Å². The molecule has 5 heteroatoms. The number of fused-ring (bicyclic) bond motifs is 1. The van der Waals surface area contributed by atoms with Crippen LogP contribution in [0.4, 0.5) is 10.5 Å². The summed E-state index contributed by atoms with van der Waals surface area (Å²) >= 11 is 0. The minimum atomic E-state index is -0.527. The monoisotopic (exact) mass is 302 g/mol. The number of carbonyl (C=O) groups excluding carboxylic acids is 2. The zero-order valence-corrected chi connectivity index (χ0v) is 13.7. The second kappa shape index (κ2) is 5.91. The largest absolute Gasteiger partial charge is 0.444 e. The van der Waals surface area contributed by atoms with Gasteiger partial charge in [-0.25, -0.2) is 4.79 Å². The van der Waals surface area contributed by atoms with Crippen LogP contribution in [0.2, 0.25) is 0 Å². The van der Waals surface area contributed by atoms with E-state index < -0.39 is 11.7 Å². The predicted molar refractivity (Wildman–Crippen MR) is 86.1 cm³/mol. The first-order chi connectivity index (χ1) is 10.2. The van der Waals surface area contributed by atoms with Crippen molar-refractivity contribution in [2.75, 3.05) is 0 Å². The Morgan fingerprint density at radius 3 is 2.59 bits per heavy atom. The number of rotatable bonds is 3. The number of ketones is 1. The second-order valence-corrected chi connectivity index (χ2v) is 6.55. The highest BCUT2D eigenvalue weighted by Gasteiger charge is 2.23. The highest BCUT2D eigenvalue weighted by atomic mass is 16.6. The van der Waals surface area contributed by atoms with Crippen molar-refractivity contribution in [2.24, 2.45) is 4.99 Å². The molecule has 0 spiro atoms. The molecule has 1 heterocycles. The lowest BCUT2D eigenvalue weighted by Crippen LogP contribution is -2.41. The van der Waals surface area contributed by atoms with Gasteiger partial charge in [0.15, 0.2) is 5.78 Å². The smallest absolute Gasteiger partial charge is 0.408 e. The summed E-state index contributed by atoms with van der Waals surface area (Å²) in [4.78, 5) is 27.8. The number of aliphatic imine (C=N–C) groups is 1. The van der Waals surface area contributed by atoms with Crippen LogP contribution in [0.5, 0.6) is 0 Å². The molecule has 1 unspecified atom stereocenters. The summed E-state index contributed by atoms with van der Waals surface area (Å²) in [6.45, 7) is 8.88. The van der Waals surface area contributed by atoms with Crippen LogP contribution in [-0.4, -0.2) is 29.2 Å². The molecule has 2 rings (SSSR count). The Morgan fingerprint density at radius 2 is 2.00 bits per heavy atom. The number of hydrogen-bond donors (Lipinski definition) is 1. The molecule has 0 aliphatic carbocycles. The van der Waals surface area contributed by atoms with Crippen molar-refractivity contribution in [1.29, 1.82) is 0 Å². The van der Waals surface area contributed by atoms with Crippen molar-refractivity contribution in [2.45, 2.75) is 52.7 Å². The van der Waals surface area contributed by atoms with Crippen LogP contribution in [-0.2, 0) is 11.2 Å². The minimum Gasteiger partial charge on any atom is -0.444 e. The Bertz CT molecular complexity index is 642. The molecule has 0 aromatic heterocycles. The number of alkyl carbamates (subject to hydrolysis) is 1. The van der Waals surface area contributed by atoms with Gasteiger partial charge in [-0.3, -0.25) is 9.79 Å². The van der Waals surface area contributed by atoms with Crippen LogP contribution >= 0.6 is 0 Å². The number of Topliss-reactive ketones (excluding diaryl/α,β-unsaturated/α-hetero) is 1. The lowest BCUT2D eigenvalue weighted by molar-refractivity contribution is 0.0521. The van der Waals surface area contributed by atoms with Crippen molar-refractivity contribution in [1.82, 2.24) is 5.32 Å². The normalized spacial score (nSPS) is 14.9. The average Bonchev–Trinajstić information content (AvgIpc) is 2.78. The Balaban J connectivity index is 2.06. The highest BCUT2D eigenvalue weighted by Crippen LogP contribution is 2.29. The van der Waals surface area contributed by atoms with Gasteiger partial charge < -0.3 is 10.1 Å². The first-order valence-corrected chi connectivity index (χ1v) is 7.36. The quantitative estimate of drug-likeness (QED) is 0.870. The number of ether oxygens (including phenoxy) is 1. The number of nitrogens with zero attached hydrogens (tertiary/aromatic N) is 1. The molecule has 0 saturated heterocycles. The summed E-state index contributed by atoms with van der Waals surface area (Å²) in [5.74, 6) is 0.0198. The highest BCUT2D eigenvalue weighted by molar-refractivity contribution is 6.01. The van der Waals surface area contributed by atoms with Gasteiger partial charge in [0.1, 0.15) is 5.60 Å². The number of hydrogen-bond acceptors (Lipinski definition) is 4. The van der Waals surface area contributed by atoms with E-state index in [2.05, 4.69) is 10.3 Å². The molecule has 0 saturated carbocycles. The molecule has 118 valence electrons. The zero-order chi connectivity index (χ0) is 16.5. The van der Waals surface area contributed by atoms with Gasteiger partial charge in [-0.05, 0) is 46.2 Å². The topological polar surface area (TPSA) is 67.8 Å². The third-order valence-corrected chi connectivity index (χ3v) is 3.36. The molecular weight excluding hydrogens is 280 g/mol. The molecular formula is C17H22N2O3. The van der Waals surface area contributed by atoms with Crippen LogP contribution < -0.4 is 5.32 Å². The van der Waals surface area contributed by atoms with Crippen molar-refractivity contribution in [3.05, 3.63) is 29.3 Å². The van der Waals surface area contributed by atoms with Crippen LogP contribution in [0.15, 0.2) is 23.2 Å². The number of nitrogens with one attached hydrogen (secondary N) is 1. The Labute approximate surface area is 130 Å². The van der Waals surface area contributed by atoms with Crippen LogP contribution in [0.25, 0.3) is 0 Å². The molecule has 5 nitrogen and oxygen atoms in total. The maximum atomic E-state index is 11.8. The number of amides is 1. The van der Waals surface area contributed by atoms with Gasteiger partial charge in [0.2, 0.25) is 0 Å². The first kappa shape index (κ1) is 16.2. The van der Waals surface area contributed by atoms with Gasteiger partial charge in [0.25, 0.3) is 0 Å². The fraction of sp³-hybridized carbons (Fsp3) is 0.471. The summed E-state index contributed by atoms with van der Waals surface area (Å²) in [5.41, 5.74) is 2.86. The maximum Gasteiger partial charge on any atom is 0.408 e. The lowest BCUT2D eigenvalue weighted by Gasteiger charge is -2.22. The number of carbonyl (C=O) groups is 2. The van der Waals surface area contributed by atoms with Gasteiger partial charge in [-0.15, -0.1) is 0 Å². The van der Waals surface area contributed by atoms with Gasteiger partial charge >= 0.3 is 6.09 Å². The molecule has 22 heavy (non-hydrogen) atoms. The van der Waals surface area contributed by atoms with Crippen LogP contribution in [0.1, 0.15) is 50.5 Å². The van der Waals surface area contributed by atoms with E-state index in [9.17, 15) is 9.59 Å². The summed E-state index contributed by atoms with van der Waals surface area (Å²) in [6, 6.07) is 5.31. The summed E-state index contributed by atoms with van der Waals surface area (Å²) in [6.07, 6.45) is 0.216. The standard InChI is InChI=1S/C17H22N2O3/c1-10(18-16(21)22-17(3,4)5)14-9-13-7-6-12(11(2)20)8-15(13)19-14/h6-8,10H,9H2,1-5H3,(H,18,21). The van der Waals surface area contributed by atoms with Crippen molar-refractivity contribution >= 4 is 23.3 Å². The van der Waals surface area contributed by atoms with E-state index in [1.54, 1.807) is 6.07 Å². The fourth-order valence-corrected chi connectivity index (χ4v) is 2.24. The Morgan fingerprint density at radius 1 is 1.32 bits per heavy atom. The van der Waals surface area contributed by atoms with Gasteiger partial charge in [0.05, 0.1) is 11.7 Å². The Kier molecular flexibility index (Phi) is 4.35. The maximum absolute atomic E-state index is 11.8. The molecule has 0 bridgehead atoms.